The molecule has 0 aromatic carbocycles. The summed E-state index contributed by atoms with van der Waals surface area (Å²) >= 11 is 1.58. The first kappa shape index (κ1) is 16.2. The van der Waals surface area contributed by atoms with Gasteiger partial charge in [0.1, 0.15) is 16.5 Å². The number of carbonyl (C=O) groups is 1. The van der Waals surface area contributed by atoms with Crippen molar-refractivity contribution in [1.82, 2.24) is 15.2 Å². The second kappa shape index (κ2) is 6.22. The first-order valence-corrected chi connectivity index (χ1v) is 9.51. The molecular weight excluding hydrogens is 334 g/mol. The SMILES string of the molecule is CCCCNC(=O)c1cc(C)nc2sc3c(c12)N=C(C)N1CCN=C31. The van der Waals surface area contributed by atoms with Gasteiger partial charge in [-0.05, 0) is 26.3 Å². The number of fused-ring (bicyclic) bond motifs is 5. The van der Waals surface area contributed by atoms with E-state index in [1.807, 2.05) is 19.9 Å². The molecule has 2 aromatic heterocycles. The molecule has 0 radical (unpaired) electrons. The molecule has 0 bridgehead atoms. The molecule has 1 N–H and O–H groups in total. The van der Waals surface area contributed by atoms with Crippen LogP contribution in [-0.4, -0.2) is 47.1 Å². The Labute approximate surface area is 150 Å². The summed E-state index contributed by atoms with van der Waals surface area (Å²) in [6, 6.07) is 1.87. The highest BCUT2D eigenvalue weighted by Crippen LogP contribution is 2.43. The number of unbranched alkanes of at least 4 members (excludes halogenated alkanes) is 1. The molecule has 0 saturated heterocycles. The number of aryl methyl sites for hydroxylation is 1. The predicted molar refractivity (Wildman–Crippen MR) is 102 cm³/mol. The van der Waals surface area contributed by atoms with Crippen molar-refractivity contribution in [2.75, 3.05) is 19.6 Å². The quantitative estimate of drug-likeness (QED) is 0.856. The fraction of sp³-hybridized carbons (Fsp3) is 0.444. The third-order valence-electron chi connectivity index (χ3n) is 4.53. The van der Waals surface area contributed by atoms with Crippen LogP contribution in [0.4, 0.5) is 5.69 Å². The van der Waals surface area contributed by atoms with Gasteiger partial charge in [0, 0.05) is 18.8 Å². The van der Waals surface area contributed by atoms with Crippen LogP contribution in [0.5, 0.6) is 0 Å². The Balaban J connectivity index is 1.87. The van der Waals surface area contributed by atoms with Crippen LogP contribution >= 0.6 is 11.3 Å². The molecule has 0 fully saturated rings. The van der Waals surface area contributed by atoms with Crippen LogP contribution in [0.15, 0.2) is 16.1 Å². The Morgan fingerprint density at radius 2 is 2.24 bits per heavy atom. The Bertz CT molecular complexity index is 927. The highest BCUT2D eigenvalue weighted by molar-refractivity contribution is 7.21. The third-order valence-corrected chi connectivity index (χ3v) is 5.60. The van der Waals surface area contributed by atoms with E-state index in [4.69, 9.17) is 4.99 Å². The lowest BCUT2D eigenvalue weighted by Crippen LogP contribution is -2.34. The Morgan fingerprint density at radius 3 is 3.04 bits per heavy atom. The van der Waals surface area contributed by atoms with Gasteiger partial charge in [0.05, 0.1) is 28.1 Å². The van der Waals surface area contributed by atoms with Gasteiger partial charge in [0.2, 0.25) is 0 Å². The maximum absolute atomic E-state index is 12.8. The maximum Gasteiger partial charge on any atom is 0.252 e. The van der Waals surface area contributed by atoms with Gasteiger partial charge in [0.25, 0.3) is 5.91 Å². The van der Waals surface area contributed by atoms with E-state index in [9.17, 15) is 4.79 Å². The van der Waals surface area contributed by atoms with Crippen molar-refractivity contribution in [3.05, 3.63) is 22.2 Å². The molecule has 0 spiro atoms. The number of pyridine rings is 1. The molecular formula is C18H21N5OS. The molecule has 7 heteroatoms. The van der Waals surface area contributed by atoms with Gasteiger partial charge in [-0.2, -0.15) is 0 Å². The molecule has 4 rings (SSSR count). The van der Waals surface area contributed by atoms with Crippen LogP contribution in [0.25, 0.3) is 10.2 Å². The van der Waals surface area contributed by atoms with Gasteiger partial charge in [-0.15, -0.1) is 11.3 Å². The lowest BCUT2D eigenvalue weighted by molar-refractivity contribution is 0.0954. The summed E-state index contributed by atoms with van der Waals surface area (Å²) in [7, 11) is 0. The zero-order valence-electron chi connectivity index (χ0n) is 14.7. The topological polar surface area (TPSA) is 70.0 Å². The minimum Gasteiger partial charge on any atom is -0.352 e. The second-order valence-electron chi connectivity index (χ2n) is 6.40. The van der Waals surface area contributed by atoms with Crippen LogP contribution in [-0.2, 0) is 0 Å². The first-order valence-electron chi connectivity index (χ1n) is 8.70. The predicted octanol–water partition coefficient (Wildman–Crippen LogP) is 3.26. The summed E-state index contributed by atoms with van der Waals surface area (Å²) < 4.78 is 0. The van der Waals surface area contributed by atoms with E-state index in [1.54, 1.807) is 11.3 Å². The van der Waals surface area contributed by atoms with Crippen LogP contribution in [0.3, 0.4) is 0 Å². The van der Waals surface area contributed by atoms with E-state index >= 15 is 0 Å². The standard InChI is InChI=1S/C18H21N5OS/c1-4-5-6-20-17(24)12-9-10(2)21-18-13(12)14-15(25-18)16-19-7-8-23(16)11(3)22-14/h9H,4-8H2,1-3H3,(H,20,24). The Kier molecular flexibility index (Phi) is 4.03. The molecule has 1 amide bonds. The summed E-state index contributed by atoms with van der Waals surface area (Å²) in [4.78, 5) is 30.9. The normalized spacial score (nSPS) is 15.7. The van der Waals surface area contributed by atoms with E-state index in [0.29, 0.717) is 12.1 Å². The molecule has 0 saturated carbocycles. The van der Waals surface area contributed by atoms with Gasteiger partial charge in [-0.25, -0.2) is 9.98 Å². The van der Waals surface area contributed by atoms with Crippen molar-refractivity contribution in [2.45, 2.75) is 33.6 Å². The molecule has 0 aliphatic carbocycles. The largest absolute Gasteiger partial charge is 0.352 e. The summed E-state index contributed by atoms with van der Waals surface area (Å²) in [5.41, 5.74) is 2.36. The van der Waals surface area contributed by atoms with E-state index < -0.39 is 0 Å². The maximum atomic E-state index is 12.8. The molecule has 6 nitrogen and oxygen atoms in total. The number of aliphatic imine (C=N–C) groups is 2. The van der Waals surface area contributed by atoms with E-state index in [0.717, 1.165) is 64.1 Å². The minimum absolute atomic E-state index is 0.0480. The molecule has 130 valence electrons. The number of nitrogens with zero attached hydrogens (tertiary/aromatic N) is 4. The average Bonchev–Trinajstić information content (AvgIpc) is 3.19. The van der Waals surface area contributed by atoms with Crippen molar-refractivity contribution >= 4 is 44.8 Å². The zero-order valence-corrected chi connectivity index (χ0v) is 15.5. The number of hydrogen-bond donors (Lipinski definition) is 1. The summed E-state index contributed by atoms with van der Waals surface area (Å²) in [6.45, 7) is 8.38. The molecule has 0 unspecified atom stereocenters. The highest BCUT2D eigenvalue weighted by Gasteiger charge is 2.32. The highest BCUT2D eigenvalue weighted by atomic mass is 32.1. The summed E-state index contributed by atoms with van der Waals surface area (Å²) in [5.74, 6) is 1.86. The van der Waals surface area contributed by atoms with Crippen molar-refractivity contribution in [3.8, 4) is 0 Å². The van der Waals surface area contributed by atoms with Gasteiger partial charge in [-0.1, -0.05) is 13.3 Å². The van der Waals surface area contributed by atoms with Crippen LogP contribution in [0, 0.1) is 6.92 Å². The van der Waals surface area contributed by atoms with Crippen LogP contribution in [0.1, 0.15) is 47.6 Å². The van der Waals surface area contributed by atoms with Crippen molar-refractivity contribution in [2.24, 2.45) is 9.98 Å². The zero-order chi connectivity index (χ0) is 17.6. The summed E-state index contributed by atoms with van der Waals surface area (Å²) in [6.07, 6.45) is 2.03. The molecule has 4 heterocycles. The third kappa shape index (κ3) is 2.63. The van der Waals surface area contributed by atoms with E-state index in [-0.39, 0.29) is 5.91 Å². The number of hydrogen-bond acceptors (Lipinski definition) is 6. The lowest BCUT2D eigenvalue weighted by Gasteiger charge is -2.23. The van der Waals surface area contributed by atoms with Gasteiger partial charge in [-0.3, -0.25) is 9.79 Å². The monoisotopic (exact) mass is 355 g/mol. The fourth-order valence-corrected chi connectivity index (χ4v) is 4.50. The van der Waals surface area contributed by atoms with Gasteiger partial charge in [0.15, 0.2) is 0 Å². The molecule has 2 aliphatic heterocycles. The number of aromatic nitrogens is 1. The van der Waals surface area contributed by atoms with Crippen LogP contribution < -0.4 is 5.32 Å². The average molecular weight is 355 g/mol. The second-order valence-corrected chi connectivity index (χ2v) is 7.40. The fourth-order valence-electron chi connectivity index (χ4n) is 3.30. The number of nitrogens with one attached hydrogen (secondary N) is 1. The van der Waals surface area contributed by atoms with Gasteiger partial charge < -0.3 is 10.2 Å². The minimum atomic E-state index is -0.0480. The molecule has 2 aliphatic rings. The number of amides is 1. The molecule has 2 aromatic rings. The Morgan fingerprint density at radius 1 is 1.40 bits per heavy atom. The van der Waals surface area contributed by atoms with E-state index in [2.05, 4.69) is 27.1 Å². The van der Waals surface area contributed by atoms with Crippen molar-refractivity contribution in [3.63, 3.8) is 0 Å². The van der Waals surface area contributed by atoms with Crippen molar-refractivity contribution < 1.29 is 4.79 Å². The number of carbonyl (C=O) groups excluding carboxylic acids is 1. The van der Waals surface area contributed by atoms with Crippen LogP contribution in [0.2, 0.25) is 0 Å². The van der Waals surface area contributed by atoms with Gasteiger partial charge >= 0.3 is 0 Å². The smallest absolute Gasteiger partial charge is 0.252 e. The molecule has 0 atom stereocenters. The number of thiophene rings is 1. The number of rotatable bonds is 4. The molecule has 25 heavy (non-hydrogen) atoms. The Hall–Kier alpha value is -2.28. The summed E-state index contributed by atoms with van der Waals surface area (Å²) in [5, 5.41) is 3.88. The van der Waals surface area contributed by atoms with Crippen molar-refractivity contribution in [1.29, 1.82) is 0 Å². The number of amidine groups is 2. The first-order chi connectivity index (χ1) is 12.1. The lowest BCUT2D eigenvalue weighted by atomic mass is 10.1. The van der Waals surface area contributed by atoms with E-state index in [1.165, 1.54) is 0 Å².